The van der Waals surface area contributed by atoms with Crippen LogP contribution >= 0.6 is 11.6 Å². The Morgan fingerprint density at radius 1 is 1.09 bits per heavy atom. The van der Waals surface area contributed by atoms with Gasteiger partial charge in [-0.25, -0.2) is 9.97 Å². The maximum absolute atomic E-state index is 6.37. The molecule has 9 heteroatoms. The fourth-order valence-corrected chi connectivity index (χ4v) is 4.74. The van der Waals surface area contributed by atoms with Gasteiger partial charge in [-0.1, -0.05) is 11.6 Å². The van der Waals surface area contributed by atoms with Gasteiger partial charge >= 0.3 is 0 Å². The number of hydrogen-bond donors (Lipinski definition) is 2. The molecule has 1 aliphatic heterocycles. The van der Waals surface area contributed by atoms with E-state index in [0.717, 1.165) is 84.8 Å². The first-order valence-electron chi connectivity index (χ1n) is 11.9. The lowest BCUT2D eigenvalue weighted by Gasteiger charge is -2.28. The molecule has 1 aliphatic rings. The molecule has 0 aliphatic carbocycles. The first-order chi connectivity index (χ1) is 17.2. The summed E-state index contributed by atoms with van der Waals surface area (Å²) in [5.41, 5.74) is 5.90. The maximum atomic E-state index is 6.37. The number of imidazole rings is 2. The molecule has 5 aromatic rings. The molecule has 0 saturated carbocycles. The van der Waals surface area contributed by atoms with Crippen LogP contribution in [0.1, 0.15) is 6.42 Å². The summed E-state index contributed by atoms with van der Waals surface area (Å²) in [6, 6.07) is 12.2. The van der Waals surface area contributed by atoms with E-state index < -0.39 is 0 Å². The van der Waals surface area contributed by atoms with Crippen molar-refractivity contribution in [2.24, 2.45) is 0 Å². The van der Waals surface area contributed by atoms with Crippen molar-refractivity contribution in [1.82, 2.24) is 24.5 Å². The minimum atomic E-state index is 0.678. The summed E-state index contributed by atoms with van der Waals surface area (Å²) >= 11 is 6.37. The van der Waals surface area contributed by atoms with Crippen LogP contribution < -0.4 is 10.2 Å². The summed E-state index contributed by atoms with van der Waals surface area (Å²) in [4.78, 5) is 19.6. The molecule has 35 heavy (non-hydrogen) atoms. The van der Waals surface area contributed by atoms with Crippen LogP contribution in [0.4, 0.5) is 11.4 Å². The molecule has 0 spiro atoms. The Balaban J connectivity index is 1.34. The smallest absolute Gasteiger partial charge is 0.142 e. The number of H-pyrrole nitrogens is 1. The number of aromatic amines is 1. The van der Waals surface area contributed by atoms with E-state index >= 15 is 0 Å². The number of rotatable bonds is 7. The van der Waals surface area contributed by atoms with Gasteiger partial charge in [-0.05, 0) is 42.8 Å². The molecule has 2 N–H and O–H groups in total. The van der Waals surface area contributed by atoms with Gasteiger partial charge < -0.3 is 24.5 Å². The normalized spacial score (nSPS) is 14.1. The van der Waals surface area contributed by atoms with Crippen LogP contribution in [-0.4, -0.2) is 57.4 Å². The van der Waals surface area contributed by atoms with E-state index in [-0.39, 0.29) is 0 Å². The second kappa shape index (κ2) is 9.56. The highest BCUT2D eigenvalue weighted by Crippen LogP contribution is 2.35. The van der Waals surface area contributed by atoms with Gasteiger partial charge in [0.25, 0.3) is 0 Å². The fraction of sp³-hybridized carbons (Fsp3) is 0.269. The van der Waals surface area contributed by atoms with E-state index in [1.165, 1.54) is 5.69 Å². The lowest BCUT2D eigenvalue weighted by atomic mass is 10.1. The van der Waals surface area contributed by atoms with E-state index in [4.69, 9.17) is 26.3 Å². The molecule has 178 valence electrons. The van der Waals surface area contributed by atoms with Gasteiger partial charge in [-0.2, -0.15) is 0 Å². The summed E-state index contributed by atoms with van der Waals surface area (Å²) in [6.07, 6.45) is 8.45. The van der Waals surface area contributed by atoms with Crippen molar-refractivity contribution >= 4 is 44.9 Å². The number of halogens is 1. The van der Waals surface area contributed by atoms with Gasteiger partial charge in [0, 0.05) is 60.9 Å². The number of fused-ring (bicyclic) bond motifs is 2. The standard InChI is InChI=1S/C26H26ClN7O/c27-18-2-4-22-20(14-18)25(29-6-1-8-33-9-7-28-17-33)21(16-30-22)26-31-23-5-3-19(15-24(23)32-26)34-10-12-35-13-11-34/h2-5,7,9,14-17H,1,6,8,10-13H2,(H,29,30)(H,31,32). The molecule has 0 unspecified atom stereocenters. The third kappa shape index (κ3) is 4.54. The van der Waals surface area contributed by atoms with Crippen molar-refractivity contribution in [3.05, 3.63) is 66.3 Å². The zero-order valence-corrected chi connectivity index (χ0v) is 20.0. The molecular weight excluding hydrogens is 462 g/mol. The van der Waals surface area contributed by atoms with Crippen LogP contribution in [-0.2, 0) is 11.3 Å². The van der Waals surface area contributed by atoms with Gasteiger partial charge in [-0.3, -0.25) is 4.98 Å². The molecule has 3 aromatic heterocycles. The van der Waals surface area contributed by atoms with Crippen molar-refractivity contribution in [2.75, 3.05) is 43.1 Å². The minimum Gasteiger partial charge on any atom is -0.384 e. The zero-order valence-electron chi connectivity index (χ0n) is 19.2. The first kappa shape index (κ1) is 21.9. The second-order valence-electron chi connectivity index (χ2n) is 8.68. The SMILES string of the molecule is Clc1ccc2ncc(-c3nc4ccc(N5CCOCC5)cc4[nH]3)c(NCCCn3ccnc3)c2c1. The van der Waals surface area contributed by atoms with Crippen LogP contribution in [0.2, 0.25) is 5.02 Å². The predicted molar refractivity (Wildman–Crippen MR) is 140 cm³/mol. The monoisotopic (exact) mass is 487 g/mol. The van der Waals surface area contributed by atoms with E-state index in [9.17, 15) is 0 Å². The fourth-order valence-electron chi connectivity index (χ4n) is 4.57. The number of ether oxygens (including phenoxy) is 1. The van der Waals surface area contributed by atoms with Crippen LogP contribution in [0.25, 0.3) is 33.3 Å². The number of benzene rings is 2. The van der Waals surface area contributed by atoms with Crippen molar-refractivity contribution in [2.45, 2.75) is 13.0 Å². The summed E-state index contributed by atoms with van der Waals surface area (Å²) < 4.78 is 7.58. The Hall–Kier alpha value is -3.62. The Morgan fingerprint density at radius 2 is 1.97 bits per heavy atom. The van der Waals surface area contributed by atoms with Gasteiger partial charge in [0.05, 0.1) is 47.3 Å². The largest absolute Gasteiger partial charge is 0.384 e. The van der Waals surface area contributed by atoms with Crippen molar-refractivity contribution in [3.8, 4) is 11.4 Å². The van der Waals surface area contributed by atoms with Crippen LogP contribution in [0, 0.1) is 0 Å². The molecule has 6 rings (SSSR count). The minimum absolute atomic E-state index is 0.678. The van der Waals surface area contributed by atoms with Gasteiger partial charge in [0.15, 0.2) is 0 Å². The Bertz CT molecular complexity index is 1460. The molecule has 0 bridgehead atoms. The van der Waals surface area contributed by atoms with E-state index in [1.807, 2.05) is 36.9 Å². The molecule has 0 radical (unpaired) electrons. The maximum Gasteiger partial charge on any atom is 0.142 e. The Morgan fingerprint density at radius 3 is 2.83 bits per heavy atom. The zero-order chi connectivity index (χ0) is 23.6. The molecule has 0 amide bonds. The molecule has 8 nitrogen and oxygen atoms in total. The molecule has 2 aromatic carbocycles. The van der Waals surface area contributed by atoms with Gasteiger partial charge in [0.2, 0.25) is 0 Å². The van der Waals surface area contributed by atoms with E-state index in [0.29, 0.717) is 5.02 Å². The number of nitrogens with zero attached hydrogens (tertiary/aromatic N) is 5. The number of aryl methyl sites for hydroxylation is 1. The van der Waals surface area contributed by atoms with Crippen molar-refractivity contribution < 1.29 is 4.74 Å². The Labute approximate surface area is 207 Å². The van der Waals surface area contributed by atoms with Gasteiger partial charge in [-0.15, -0.1) is 0 Å². The van der Waals surface area contributed by atoms with Crippen LogP contribution in [0.3, 0.4) is 0 Å². The number of morpholine rings is 1. The number of hydrogen-bond acceptors (Lipinski definition) is 6. The topological polar surface area (TPSA) is 83.9 Å². The number of anilines is 2. The lowest BCUT2D eigenvalue weighted by Crippen LogP contribution is -2.36. The van der Waals surface area contributed by atoms with E-state index in [2.05, 4.69) is 43.0 Å². The molecule has 1 saturated heterocycles. The summed E-state index contributed by atoms with van der Waals surface area (Å²) in [6.45, 7) is 4.99. The summed E-state index contributed by atoms with van der Waals surface area (Å²) in [5.74, 6) is 0.783. The average molecular weight is 488 g/mol. The van der Waals surface area contributed by atoms with Crippen LogP contribution in [0.5, 0.6) is 0 Å². The molecule has 1 fully saturated rings. The van der Waals surface area contributed by atoms with Crippen LogP contribution in [0.15, 0.2) is 61.3 Å². The molecule has 0 atom stereocenters. The highest BCUT2D eigenvalue weighted by atomic mass is 35.5. The second-order valence-corrected chi connectivity index (χ2v) is 9.11. The lowest BCUT2D eigenvalue weighted by molar-refractivity contribution is 0.122. The third-order valence-electron chi connectivity index (χ3n) is 6.38. The summed E-state index contributed by atoms with van der Waals surface area (Å²) in [7, 11) is 0. The molecule has 4 heterocycles. The van der Waals surface area contributed by atoms with Crippen molar-refractivity contribution in [1.29, 1.82) is 0 Å². The third-order valence-corrected chi connectivity index (χ3v) is 6.62. The summed E-state index contributed by atoms with van der Waals surface area (Å²) in [5, 5.41) is 5.29. The Kier molecular flexibility index (Phi) is 5.98. The number of nitrogens with one attached hydrogen (secondary N) is 2. The molecular formula is C26H26ClN7O. The highest BCUT2D eigenvalue weighted by molar-refractivity contribution is 6.31. The van der Waals surface area contributed by atoms with E-state index in [1.54, 1.807) is 6.20 Å². The first-order valence-corrected chi connectivity index (χ1v) is 12.2. The quantitative estimate of drug-likeness (QED) is 0.315. The van der Waals surface area contributed by atoms with Gasteiger partial charge in [0.1, 0.15) is 5.82 Å². The number of pyridine rings is 1. The highest BCUT2D eigenvalue weighted by Gasteiger charge is 2.16. The number of aromatic nitrogens is 5. The predicted octanol–water partition coefficient (Wildman–Crippen LogP) is 4.97. The average Bonchev–Trinajstić information content (AvgIpc) is 3.56. The van der Waals surface area contributed by atoms with Crippen molar-refractivity contribution in [3.63, 3.8) is 0 Å².